The highest BCUT2D eigenvalue weighted by Gasteiger charge is 2.41. The first-order valence-corrected chi connectivity index (χ1v) is 7.57. The van der Waals surface area contributed by atoms with Crippen LogP contribution in [0.5, 0.6) is 0 Å². The van der Waals surface area contributed by atoms with Crippen molar-refractivity contribution in [1.29, 1.82) is 0 Å². The van der Waals surface area contributed by atoms with Crippen LogP contribution >= 0.6 is 0 Å². The molecule has 4 rings (SSSR count). The lowest BCUT2D eigenvalue weighted by atomic mass is 9.90. The zero-order valence-corrected chi connectivity index (χ0v) is 12.1. The van der Waals surface area contributed by atoms with Gasteiger partial charge in [0, 0.05) is 23.4 Å². The van der Waals surface area contributed by atoms with Gasteiger partial charge in [0.1, 0.15) is 0 Å². The van der Waals surface area contributed by atoms with E-state index in [1.807, 2.05) is 12.1 Å². The van der Waals surface area contributed by atoms with Gasteiger partial charge >= 0.3 is 0 Å². The number of hydroxylamine groups is 1. The van der Waals surface area contributed by atoms with Gasteiger partial charge in [0.05, 0.1) is 5.69 Å². The molecule has 3 N–H and O–H groups in total. The zero-order valence-electron chi connectivity index (χ0n) is 12.1. The smallest absolute Gasteiger partial charge is 0.188 e. The van der Waals surface area contributed by atoms with Crippen molar-refractivity contribution >= 4 is 16.7 Å². The number of hydrogen-bond donors (Lipinski definition) is 3. The number of aromatic amines is 1. The summed E-state index contributed by atoms with van der Waals surface area (Å²) in [6, 6.07) is 10.3. The molecular formula is C16H20N4O. The fourth-order valence-electron chi connectivity index (χ4n) is 3.22. The topological polar surface area (TPSA) is 61.4 Å². The summed E-state index contributed by atoms with van der Waals surface area (Å²) in [5.74, 6) is 1.19. The third-order valence-corrected chi connectivity index (χ3v) is 4.53. The fourth-order valence-corrected chi connectivity index (χ4v) is 3.22. The Labute approximate surface area is 123 Å². The van der Waals surface area contributed by atoms with Crippen molar-refractivity contribution in [2.45, 2.75) is 25.5 Å². The predicted molar refractivity (Wildman–Crippen MR) is 83.1 cm³/mol. The summed E-state index contributed by atoms with van der Waals surface area (Å²) in [5, 5.41) is 4.61. The molecule has 1 fully saturated rings. The highest BCUT2D eigenvalue weighted by atomic mass is 16.7. The molecular weight excluding hydrogens is 264 g/mol. The van der Waals surface area contributed by atoms with Crippen molar-refractivity contribution in [3.05, 3.63) is 36.0 Å². The quantitative estimate of drug-likeness (QED) is 0.792. The van der Waals surface area contributed by atoms with Gasteiger partial charge in [0.15, 0.2) is 11.6 Å². The SMILES string of the molecule is CC1([C@H]2CCCNC2)N=C(c2cc3ccccc3[nH]2)NO1. The average molecular weight is 284 g/mol. The summed E-state index contributed by atoms with van der Waals surface area (Å²) in [6.07, 6.45) is 2.33. The monoisotopic (exact) mass is 284 g/mol. The Hall–Kier alpha value is -1.85. The summed E-state index contributed by atoms with van der Waals surface area (Å²) in [5.41, 5.74) is 4.62. The molecule has 21 heavy (non-hydrogen) atoms. The van der Waals surface area contributed by atoms with E-state index < -0.39 is 5.72 Å². The molecule has 2 atom stereocenters. The summed E-state index contributed by atoms with van der Waals surface area (Å²) in [6.45, 7) is 4.12. The van der Waals surface area contributed by atoms with Crippen LogP contribution in [0.15, 0.2) is 35.3 Å². The highest BCUT2D eigenvalue weighted by molar-refractivity contribution is 6.01. The summed E-state index contributed by atoms with van der Waals surface area (Å²) < 4.78 is 0. The Bertz CT molecular complexity index is 653. The van der Waals surface area contributed by atoms with Crippen LogP contribution in [0.1, 0.15) is 25.5 Å². The molecule has 3 heterocycles. The first-order valence-electron chi connectivity index (χ1n) is 7.57. The number of nitrogens with zero attached hydrogens (tertiary/aromatic N) is 1. The van der Waals surface area contributed by atoms with Gasteiger partial charge in [-0.1, -0.05) is 18.2 Å². The lowest BCUT2D eigenvalue weighted by Crippen LogP contribution is -2.44. The number of piperidine rings is 1. The fraction of sp³-hybridized carbons (Fsp3) is 0.438. The molecule has 110 valence electrons. The molecule has 1 aromatic carbocycles. The van der Waals surface area contributed by atoms with E-state index in [0.717, 1.165) is 36.6 Å². The van der Waals surface area contributed by atoms with Crippen molar-refractivity contribution in [3.8, 4) is 0 Å². The van der Waals surface area contributed by atoms with Crippen LogP contribution in [0.3, 0.4) is 0 Å². The normalized spacial score (nSPS) is 29.4. The number of fused-ring (bicyclic) bond motifs is 1. The Morgan fingerprint density at radius 2 is 2.24 bits per heavy atom. The molecule has 0 saturated carbocycles. The molecule has 2 aliphatic heterocycles. The molecule has 1 saturated heterocycles. The largest absolute Gasteiger partial charge is 0.352 e. The van der Waals surface area contributed by atoms with Gasteiger partial charge in [0.25, 0.3) is 0 Å². The van der Waals surface area contributed by atoms with Crippen LogP contribution in [-0.2, 0) is 4.84 Å². The maximum atomic E-state index is 5.83. The Kier molecular flexibility index (Phi) is 2.97. The molecule has 1 unspecified atom stereocenters. The van der Waals surface area contributed by atoms with E-state index in [1.54, 1.807) is 0 Å². The molecule has 0 aliphatic carbocycles. The molecule has 2 aromatic rings. The van der Waals surface area contributed by atoms with E-state index in [-0.39, 0.29) is 0 Å². The molecule has 2 aliphatic rings. The average Bonchev–Trinajstić information content (AvgIpc) is 3.12. The number of nitrogens with one attached hydrogen (secondary N) is 3. The number of amidine groups is 1. The van der Waals surface area contributed by atoms with Crippen molar-refractivity contribution in [2.75, 3.05) is 13.1 Å². The van der Waals surface area contributed by atoms with Gasteiger partial charge in [-0.05, 0) is 38.4 Å². The first kappa shape index (κ1) is 12.9. The zero-order chi connectivity index (χ0) is 14.3. The highest BCUT2D eigenvalue weighted by Crippen LogP contribution is 2.32. The number of aromatic nitrogens is 1. The lowest BCUT2D eigenvalue weighted by Gasteiger charge is -2.32. The number of para-hydroxylation sites is 1. The number of H-pyrrole nitrogens is 1. The second kappa shape index (κ2) is 4.86. The molecule has 5 heteroatoms. The molecule has 0 radical (unpaired) electrons. The number of rotatable bonds is 2. The van der Waals surface area contributed by atoms with Crippen LogP contribution in [0.25, 0.3) is 10.9 Å². The van der Waals surface area contributed by atoms with E-state index in [1.165, 1.54) is 11.8 Å². The second-order valence-corrected chi connectivity index (χ2v) is 6.03. The Balaban J connectivity index is 1.64. The van der Waals surface area contributed by atoms with Crippen LogP contribution in [-0.4, -0.2) is 29.6 Å². The van der Waals surface area contributed by atoms with E-state index in [0.29, 0.717) is 5.92 Å². The van der Waals surface area contributed by atoms with Gasteiger partial charge in [-0.2, -0.15) is 0 Å². The minimum absolute atomic E-state index is 0.403. The number of benzene rings is 1. The van der Waals surface area contributed by atoms with Crippen LogP contribution < -0.4 is 10.8 Å². The standard InChI is InChI=1S/C16H20N4O/c1-16(12-6-4-8-17-10-12)19-15(20-21-16)14-9-11-5-2-3-7-13(11)18-14/h2-3,5,7,9,12,17-18H,4,6,8,10H2,1H3,(H,19,20)/t12-,16?/m0/s1. The third-order valence-electron chi connectivity index (χ3n) is 4.53. The number of hydrogen-bond acceptors (Lipinski definition) is 4. The lowest BCUT2D eigenvalue weighted by molar-refractivity contribution is -0.0852. The van der Waals surface area contributed by atoms with Gasteiger partial charge in [-0.3, -0.25) is 0 Å². The maximum absolute atomic E-state index is 5.83. The molecule has 5 nitrogen and oxygen atoms in total. The van der Waals surface area contributed by atoms with E-state index in [9.17, 15) is 0 Å². The summed E-state index contributed by atoms with van der Waals surface area (Å²) >= 11 is 0. The minimum atomic E-state index is -0.486. The van der Waals surface area contributed by atoms with Crippen molar-refractivity contribution in [2.24, 2.45) is 10.9 Å². The summed E-state index contributed by atoms with van der Waals surface area (Å²) in [4.78, 5) is 14.0. The molecule has 0 amide bonds. The predicted octanol–water partition coefficient (Wildman–Crippen LogP) is 2.17. The van der Waals surface area contributed by atoms with Crippen LogP contribution in [0.4, 0.5) is 0 Å². The van der Waals surface area contributed by atoms with Crippen molar-refractivity contribution in [1.82, 2.24) is 15.8 Å². The van der Waals surface area contributed by atoms with Gasteiger partial charge in [0.2, 0.25) is 0 Å². The minimum Gasteiger partial charge on any atom is -0.352 e. The van der Waals surface area contributed by atoms with Crippen molar-refractivity contribution < 1.29 is 4.84 Å². The Morgan fingerprint density at radius 1 is 1.33 bits per heavy atom. The molecule has 0 spiro atoms. The maximum Gasteiger partial charge on any atom is 0.188 e. The van der Waals surface area contributed by atoms with E-state index in [4.69, 9.17) is 9.83 Å². The van der Waals surface area contributed by atoms with E-state index in [2.05, 4.69) is 40.9 Å². The van der Waals surface area contributed by atoms with Crippen molar-refractivity contribution in [3.63, 3.8) is 0 Å². The van der Waals surface area contributed by atoms with Crippen LogP contribution in [0.2, 0.25) is 0 Å². The molecule has 1 aromatic heterocycles. The van der Waals surface area contributed by atoms with Gasteiger partial charge in [-0.15, -0.1) is 0 Å². The van der Waals surface area contributed by atoms with Crippen LogP contribution in [0, 0.1) is 5.92 Å². The Morgan fingerprint density at radius 3 is 3.05 bits per heavy atom. The summed E-state index contributed by atoms with van der Waals surface area (Å²) in [7, 11) is 0. The van der Waals surface area contributed by atoms with Gasteiger partial charge < -0.3 is 10.3 Å². The van der Waals surface area contributed by atoms with Gasteiger partial charge in [-0.25, -0.2) is 15.3 Å². The van der Waals surface area contributed by atoms with E-state index >= 15 is 0 Å². The second-order valence-electron chi connectivity index (χ2n) is 6.03. The number of aliphatic imine (C=N–C) groups is 1. The molecule has 0 bridgehead atoms. The third kappa shape index (κ3) is 2.22. The first-order chi connectivity index (χ1) is 10.2.